The number of hydrogen-bond donors (Lipinski definition) is 0. The van der Waals surface area contributed by atoms with Crippen molar-refractivity contribution in [3.63, 3.8) is 0 Å². The fraction of sp³-hybridized carbons (Fsp3) is 0.278. The van der Waals surface area contributed by atoms with Gasteiger partial charge < -0.3 is 4.90 Å². The number of rotatable bonds is 4. The lowest BCUT2D eigenvalue weighted by Crippen LogP contribution is -2.50. The number of hydrogen-bond acceptors (Lipinski definition) is 5. The standard InChI is InChI=1S/C18H17F2N3O5S/c1-12-14(3-2-4-16(12)23(25)26)18(24)21-7-9-22(10-8-21)29(27,28)17-11-13(19)5-6-15(17)20/h2-6,11H,7-10H2,1H3. The number of amides is 1. The predicted molar refractivity (Wildman–Crippen MR) is 98.9 cm³/mol. The Kier molecular flexibility index (Phi) is 5.62. The number of carbonyl (C=O) groups excluding carboxylic acids is 1. The first kappa shape index (κ1) is 20.8. The van der Waals surface area contributed by atoms with Crippen LogP contribution in [-0.4, -0.2) is 54.6 Å². The molecule has 154 valence electrons. The summed E-state index contributed by atoms with van der Waals surface area (Å²) >= 11 is 0. The molecule has 0 N–H and O–H groups in total. The van der Waals surface area contributed by atoms with Crippen molar-refractivity contribution in [2.24, 2.45) is 0 Å². The zero-order valence-electron chi connectivity index (χ0n) is 15.3. The average Bonchev–Trinajstić information content (AvgIpc) is 2.69. The molecule has 1 aliphatic rings. The molecule has 0 aliphatic carbocycles. The highest BCUT2D eigenvalue weighted by Crippen LogP contribution is 2.25. The SMILES string of the molecule is Cc1c(C(=O)N2CCN(S(=O)(=O)c3cc(F)ccc3F)CC2)cccc1[N+](=O)[O-]. The number of carbonyl (C=O) groups is 1. The molecule has 0 unspecified atom stereocenters. The van der Waals surface area contributed by atoms with E-state index in [1.165, 1.54) is 30.0 Å². The summed E-state index contributed by atoms with van der Waals surface area (Å²) in [6.45, 7) is 1.27. The van der Waals surface area contributed by atoms with E-state index < -0.39 is 37.4 Å². The fourth-order valence-corrected chi connectivity index (χ4v) is 4.67. The second kappa shape index (κ2) is 7.84. The van der Waals surface area contributed by atoms with Crippen LogP contribution in [0.15, 0.2) is 41.3 Å². The van der Waals surface area contributed by atoms with Crippen molar-refractivity contribution in [2.75, 3.05) is 26.2 Å². The highest BCUT2D eigenvalue weighted by Gasteiger charge is 2.33. The lowest BCUT2D eigenvalue weighted by atomic mass is 10.1. The van der Waals surface area contributed by atoms with Crippen LogP contribution in [0.25, 0.3) is 0 Å². The molecule has 0 radical (unpaired) electrons. The van der Waals surface area contributed by atoms with E-state index >= 15 is 0 Å². The summed E-state index contributed by atoms with van der Waals surface area (Å²) < 4.78 is 53.5. The lowest BCUT2D eigenvalue weighted by molar-refractivity contribution is -0.385. The Morgan fingerprint density at radius 3 is 2.38 bits per heavy atom. The molecule has 29 heavy (non-hydrogen) atoms. The molecule has 1 saturated heterocycles. The monoisotopic (exact) mass is 425 g/mol. The summed E-state index contributed by atoms with van der Waals surface area (Å²) in [6, 6.07) is 6.36. The molecule has 8 nitrogen and oxygen atoms in total. The predicted octanol–water partition coefficient (Wildman–Crippen LogP) is 2.33. The van der Waals surface area contributed by atoms with Gasteiger partial charge in [-0.25, -0.2) is 17.2 Å². The number of piperazine rings is 1. The molecular weight excluding hydrogens is 408 g/mol. The summed E-state index contributed by atoms with van der Waals surface area (Å²) in [4.78, 5) is 23.8. The molecule has 11 heteroatoms. The van der Waals surface area contributed by atoms with E-state index in [4.69, 9.17) is 0 Å². The minimum Gasteiger partial charge on any atom is -0.336 e. The van der Waals surface area contributed by atoms with Crippen molar-refractivity contribution in [1.29, 1.82) is 0 Å². The second-order valence-corrected chi connectivity index (χ2v) is 8.38. The van der Waals surface area contributed by atoms with Crippen LogP contribution in [0.2, 0.25) is 0 Å². The number of sulfonamides is 1. The normalized spacial score (nSPS) is 15.3. The van der Waals surface area contributed by atoms with Crippen LogP contribution in [0.4, 0.5) is 14.5 Å². The highest BCUT2D eigenvalue weighted by molar-refractivity contribution is 7.89. The van der Waals surface area contributed by atoms with Crippen molar-refractivity contribution in [3.8, 4) is 0 Å². The van der Waals surface area contributed by atoms with E-state index in [1.54, 1.807) is 0 Å². The Balaban J connectivity index is 1.77. The van der Waals surface area contributed by atoms with Gasteiger partial charge in [0.05, 0.1) is 4.92 Å². The summed E-state index contributed by atoms with van der Waals surface area (Å²) in [5.41, 5.74) is 0.199. The summed E-state index contributed by atoms with van der Waals surface area (Å²) in [5, 5.41) is 11.1. The maximum atomic E-state index is 13.9. The molecule has 2 aromatic carbocycles. The maximum absolute atomic E-state index is 13.9. The molecule has 1 aliphatic heterocycles. The zero-order valence-corrected chi connectivity index (χ0v) is 16.2. The fourth-order valence-electron chi connectivity index (χ4n) is 3.17. The van der Waals surface area contributed by atoms with Crippen LogP contribution in [-0.2, 0) is 10.0 Å². The Labute approximate surface area is 165 Å². The van der Waals surface area contributed by atoms with Crippen molar-refractivity contribution in [2.45, 2.75) is 11.8 Å². The number of nitro benzene ring substituents is 1. The zero-order chi connectivity index (χ0) is 21.3. The molecule has 0 saturated carbocycles. The molecule has 0 spiro atoms. The first-order chi connectivity index (χ1) is 13.6. The molecule has 0 aromatic heterocycles. The van der Waals surface area contributed by atoms with E-state index in [-0.39, 0.29) is 43.0 Å². The lowest BCUT2D eigenvalue weighted by Gasteiger charge is -2.34. The Morgan fingerprint density at radius 2 is 1.76 bits per heavy atom. The molecule has 1 heterocycles. The third-order valence-corrected chi connectivity index (χ3v) is 6.68. The van der Waals surface area contributed by atoms with Gasteiger partial charge in [0.15, 0.2) is 0 Å². The topological polar surface area (TPSA) is 101 Å². The maximum Gasteiger partial charge on any atom is 0.273 e. The van der Waals surface area contributed by atoms with Gasteiger partial charge in [-0.3, -0.25) is 14.9 Å². The van der Waals surface area contributed by atoms with Crippen LogP contribution in [0.5, 0.6) is 0 Å². The van der Waals surface area contributed by atoms with Gasteiger partial charge in [-0.1, -0.05) is 6.07 Å². The molecule has 0 bridgehead atoms. The van der Waals surface area contributed by atoms with E-state index in [1.807, 2.05) is 0 Å². The number of benzene rings is 2. The number of halogens is 2. The Morgan fingerprint density at radius 1 is 1.10 bits per heavy atom. The molecule has 3 rings (SSSR count). The minimum absolute atomic E-state index is 0.0110. The molecule has 1 fully saturated rings. The van der Waals surface area contributed by atoms with Crippen molar-refractivity contribution in [1.82, 2.24) is 9.21 Å². The van der Waals surface area contributed by atoms with Crippen LogP contribution < -0.4 is 0 Å². The Hall–Kier alpha value is -2.92. The van der Waals surface area contributed by atoms with E-state index in [9.17, 15) is 32.1 Å². The second-order valence-electron chi connectivity index (χ2n) is 6.48. The molecule has 2 aromatic rings. The van der Waals surface area contributed by atoms with E-state index in [0.29, 0.717) is 6.07 Å². The first-order valence-electron chi connectivity index (χ1n) is 8.61. The third-order valence-electron chi connectivity index (χ3n) is 4.77. The van der Waals surface area contributed by atoms with Gasteiger partial charge in [-0.05, 0) is 31.2 Å². The highest BCUT2D eigenvalue weighted by atomic mass is 32.2. The third kappa shape index (κ3) is 3.96. The quantitative estimate of drug-likeness (QED) is 0.553. The molecule has 0 atom stereocenters. The molecular formula is C18H17F2N3O5S. The van der Waals surface area contributed by atoms with Crippen LogP contribution >= 0.6 is 0 Å². The summed E-state index contributed by atoms with van der Waals surface area (Å²) in [7, 11) is -4.26. The van der Waals surface area contributed by atoms with E-state index in [0.717, 1.165) is 16.4 Å². The van der Waals surface area contributed by atoms with Gasteiger partial charge in [0.1, 0.15) is 16.5 Å². The number of nitro groups is 1. The van der Waals surface area contributed by atoms with Gasteiger partial charge in [0.25, 0.3) is 11.6 Å². The van der Waals surface area contributed by atoms with Crippen molar-refractivity contribution in [3.05, 3.63) is 69.3 Å². The largest absolute Gasteiger partial charge is 0.336 e. The van der Waals surface area contributed by atoms with Crippen molar-refractivity contribution >= 4 is 21.6 Å². The van der Waals surface area contributed by atoms with Gasteiger partial charge in [0, 0.05) is 43.4 Å². The number of nitrogens with zero attached hydrogens (tertiary/aromatic N) is 3. The average molecular weight is 425 g/mol. The van der Waals surface area contributed by atoms with Gasteiger partial charge >= 0.3 is 0 Å². The summed E-state index contributed by atoms with van der Waals surface area (Å²) in [6.07, 6.45) is 0. The van der Waals surface area contributed by atoms with Crippen LogP contribution in [0, 0.1) is 28.7 Å². The minimum atomic E-state index is -4.26. The van der Waals surface area contributed by atoms with E-state index in [2.05, 4.69) is 0 Å². The van der Waals surface area contributed by atoms with Gasteiger partial charge in [-0.2, -0.15) is 4.31 Å². The van der Waals surface area contributed by atoms with Crippen molar-refractivity contribution < 1.29 is 26.9 Å². The Bertz CT molecular complexity index is 1080. The van der Waals surface area contributed by atoms with Gasteiger partial charge in [-0.15, -0.1) is 0 Å². The van der Waals surface area contributed by atoms with Crippen LogP contribution in [0.3, 0.4) is 0 Å². The molecule has 1 amide bonds. The summed E-state index contributed by atoms with van der Waals surface area (Å²) in [5.74, 6) is -2.39. The first-order valence-corrected chi connectivity index (χ1v) is 10.1. The smallest absolute Gasteiger partial charge is 0.273 e. The van der Waals surface area contributed by atoms with Gasteiger partial charge in [0.2, 0.25) is 10.0 Å². The van der Waals surface area contributed by atoms with Crippen LogP contribution in [0.1, 0.15) is 15.9 Å².